The number of rotatable bonds is 9. The van der Waals surface area contributed by atoms with Crippen molar-refractivity contribution in [2.24, 2.45) is 0 Å². The molecule has 0 bridgehead atoms. The zero-order valence-corrected chi connectivity index (χ0v) is 16.0. The first kappa shape index (κ1) is 24.3. The van der Waals surface area contributed by atoms with Crippen LogP contribution in [0.4, 0.5) is 0 Å². The molecule has 29 heavy (non-hydrogen) atoms. The summed E-state index contributed by atoms with van der Waals surface area (Å²) in [4.78, 5) is 11.7. The fourth-order valence-corrected chi connectivity index (χ4v) is 3.19. The first-order valence-corrected chi connectivity index (χ1v) is 9.49. The second-order valence-electron chi connectivity index (χ2n) is 7.16. The van der Waals surface area contributed by atoms with Crippen molar-refractivity contribution in [3.05, 3.63) is 0 Å². The molecule has 0 aromatic heterocycles. The Morgan fingerprint density at radius 2 is 1.69 bits per heavy atom. The highest BCUT2D eigenvalue weighted by molar-refractivity contribution is 5.69. The molecule has 12 heteroatoms. The summed E-state index contributed by atoms with van der Waals surface area (Å²) in [5.74, 6) is -2.79. The lowest BCUT2D eigenvalue weighted by Gasteiger charge is -2.43. The van der Waals surface area contributed by atoms with Crippen LogP contribution in [0.25, 0.3) is 0 Å². The van der Waals surface area contributed by atoms with Crippen LogP contribution in [-0.4, -0.2) is 116 Å². The number of carbonyl (C=O) groups is 1. The highest BCUT2D eigenvalue weighted by Gasteiger charge is 2.58. The Morgan fingerprint density at radius 1 is 1.00 bits per heavy atom. The van der Waals surface area contributed by atoms with Crippen molar-refractivity contribution in [1.29, 1.82) is 0 Å². The fourth-order valence-electron chi connectivity index (χ4n) is 3.19. The van der Waals surface area contributed by atoms with Gasteiger partial charge in [-0.05, 0) is 6.42 Å². The van der Waals surface area contributed by atoms with E-state index in [4.69, 9.17) is 18.9 Å². The molecule has 0 aromatic carbocycles. The number of hydrogen-bond acceptors (Lipinski definition) is 12. The van der Waals surface area contributed by atoms with Gasteiger partial charge in [0.2, 0.25) is 5.79 Å². The molecule has 2 fully saturated rings. The van der Waals surface area contributed by atoms with Crippen LogP contribution in [0.1, 0.15) is 26.2 Å². The smallest absolute Gasteiger partial charge is 0.305 e. The van der Waals surface area contributed by atoms with Crippen LogP contribution in [0.2, 0.25) is 0 Å². The van der Waals surface area contributed by atoms with Crippen molar-refractivity contribution in [2.45, 2.75) is 81.0 Å². The lowest BCUT2D eigenvalue weighted by Crippen LogP contribution is -2.62. The molecule has 0 saturated carbocycles. The molecule has 2 aliphatic rings. The number of hydrogen-bond donors (Lipinski definition) is 7. The van der Waals surface area contributed by atoms with Gasteiger partial charge >= 0.3 is 5.97 Å². The molecule has 0 unspecified atom stereocenters. The molecule has 2 rings (SSSR count). The highest BCUT2D eigenvalue weighted by Crippen LogP contribution is 2.36. The van der Waals surface area contributed by atoms with Gasteiger partial charge in [-0.2, -0.15) is 0 Å². The van der Waals surface area contributed by atoms with Gasteiger partial charge in [0.1, 0.15) is 55.9 Å². The molecular weight excluding hydrogens is 396 g/mol. The summed E-state index contributed by atoms with van der Waals surface area (Å²) in [6, 6.07) is 0. The van der Waals surface area contributed by atoms with Crippen LogP contribution in [0.3, 0.4) is 0 Å². The molecule has 12 nitrogen and oxygen atoms in total. The molecule has 0 spiro atoms. The highest BCUT2D eigenvalue weighted by atomic mass is 16.8. The lowest BCUT2D eigenvalue weighted by atomic mass is 9.99. The Kier molecular flexibility index (Phi) is 8.72. The molecule has 2 aliphatic heterocycles. The first-order chi connectivity index (χ1) is 13.7. The maximum absolute atomic E-state index is 11.7. The van der Waals surface area contributed by atoms with Crippen molar-refractivity contribution in [1.82, 2.24) is 0 Å². The van der Waals surface area contributed by atoms with Gasteiger partial charge in [0.05, 0.1) is 6.61 Å². The molecule has 2 saturated heterocycles. The summed E-state index contributed by atoms with van der Waals surface area (Å²) in [6.07, 6.45) is -11.3. The summed E-state index contributed by atoms with van der Waals surface area (Å²) in [7, 11) is 0. The molecule has 7 N–H and O–H groups in total. The molecule has 0 aromatic rings. The zero-order chi connectivity index (χ0) is 21.8. The summed E-state index contributed by atoms with van der Waals surface area (Å²) < 4.78 is 21.0. The molecule has 0 radical (unpaired) electrons. The predicted octanol–water partition coefficient (Wildman–Crippen LogP) is -3.65. The normalized spacial score (nSPS) is 42.8. The Balaban J connectivity index is 2.07. The third kappa shape index (κ3) is 5.22. The number of aliphatic hydroxyl groups is 7. The van der Waals surface area contributed by atoms with E-state index in [9.17, 15) is 40.5 Å². The van der Waals surface area contributed by atoms with Crippen molar-refractivity contribution in [3.63, 3.8) is 0 Å². The molecule has 0 amide bonds. The second kappa shape index (κ2) is 10.4. The average molecular weight is 426 g/mol. The van der Waals surface area contributed by atoms with E-state index < -0.39 is 80.6 Å². The van der Waals surface area contributed by atoms with Crippen molar-refractivity contribution in [3.8, 4) is 0 Å². The molecule has 170 valence electrons. The van der Waals surface area contributed by atoms with E-state index in [1.54, 1.807) is 0 Å². The third-order valence-corrected chi connectivity index (χ3v) is 5.03. The summed E-state index contributed by atoms with van der Waals surface area (Å²) in [5, 5.41) is 69.3. The topological polar surface area (TPSA) is 196 Å². The van der Waals surface area contributed by atoms with Gasteiger partial charge in [0.25, 0.3) is 0 Å². The first-order valence-electron chi connectivity index (χ1n) is 9.49. The number of ether oxygens (including phenoxy) is 4. The van der Waals surface area contributed by atoms with Crippen molar-refractivity contribution in [2.75, 3.05) is 19.8 Å². The number of esters is 1. The molecule has 2 heterocycles. The Bertz CT molecular complexity index is 533. The van der Waals surface area contributed by atoms with Crippen molar-refractivity contribution < 1.29 is 59.5 Å². The second-order valence-corrected chi connectivity index (χ2v) is 7.16. The number of unbranched alkanes of at least 4 members (excludes halogenated alkanes) is 1. The van der Waals surface area contributed by atoms with E-state index in [0.717, 1.165) is 6.42 Å². The van der Waals surface area contributed by atoms with E-state index in [-0.39, 0.29) is 6.42 Å². The minimum absolute atomic E-state index is 0.165. The summed E-state index contributed by atoms with van der Waals surface area (Å²) in [6.45, 7) is -0.209. The van der Waals surface area contributed by atoms with Crippen LogP contribution < -0.4 is 0 Å². The third-order valence-electron chi connectivity index (χ3n) is 5.03. The quantitative estimate of drug-likeness (QED) is 0.179. The lowest BCUT2D eigenvalue weighted by molar-refractivity contribution is -0.383. The Labute approximate surface area is 167 Å². The minimum atomic E-state index is -2.26. The largest absolute Gasteiger partial charge is 0.463 e. The number of aliphatic hydroxyl groups excluding tert-OH is 7. The van der Waals surface area contributed by atoms with E-state index in [0.29, 0.717) is 6.42 Å². The van der Waals surface area contributed by atoms with E-state index in [2.05, 4.69) is 0 Å². The van der Waals surface area contributed by atoms with Gasteiger partial charge in [0, 0.05) is 6.42 Å². The van der Waals surface area contributed by atoms with E-state index in [1.807, 2.05) is 6.92 Å². The van der Waals surface area contributed by atoms with Crippen molar-refractivity contribution >= 4 is 5.97 Å². The predicted molar refractivity (Wildman–Crippen MR) is 92.0 cm³/mol. The Morgan fingerprint density at radius 3 is 2.24 bits per heavy atom. The maximum atomic E-state index is 11.7. The van der Waals surface area contributed by atoms with Crippen LogP contribution in [0, 0.1) is 0 Å². The van der Waals surface area contributed by atoms with Gasteiger partial charge in [-0.1, -0.05) is 13.3 Å². The average Bonchev–Trinajstić information content (AvgIpc) is 2.96. The van der Waals surface area contributed by atoms with Gasteiger partial charge in [-0.3, -0.25) is 4.79 Å². The van der Waals surface area contributed by atoms with Crippen LogP contribution in [-0.2, 0) is 23.7 Å². The van der Waals surface area contributed by atoms with E-state index >= 15 is 0 Å². The standard InChI is InChI=1S/C17H30O12/c1-2-3-4-10(20)26-6-9-11(21)13(23)14(24)16(27-9)29-17(7-19)15(25)12(22)8(5-18)28-17/h8-9,11-16,18-19,21-25H,2-7H2,1H3/t8-,9-,11-,12-,13+,14-,15+,16-,17+/m1/s1. The summed E-state index contributed by atoms with van der Waals surface area (Å²) in [5.41, 5.74) is 0. The summed E-state index contributed by atoms with van der Waals surface area (Å²) >= 11 is 0. The fraction of sp³-hybridized carbons (Fsp3) is 0.941. The van der Waals surface area contributed by atoms with Gasteiger partial charge in [-0.25, -0.2) is 0 Å². The van der Waals surface area contributed by atoms with Crippen LogP contribution in [0.15, 0.2) is 0 Å². The number of carbonyl (C=O) groups excluding carboxylic acids is 1. The van der Waals surface area contributed by atoms with E-state index in [1.165, 1.54) is 0 Å². The minimum Gasteiger partial charge on any atom is -0.463 e. The maximum Gasteiger partial charge on any atom is 0.305 e. The SMILES string of the molecule is CCCCC(=O)OC[C@H]1O[C@H](O[C@]2(CO)O[C@H](CO)[C@@H](O)[C@@H]2O)[C@H](O)[C@@H](O)[C@@H]1O. The van der Waals surface area contributed by atoms with Gasteiger partial charge in [-0.15, -0.1) is 0 Å². The van der Waals surface area contributed by atoms with Crippen LogP contribution >= 0.6 is 0 Å². The molecule has 9 atom stereocenters. The van der Waals surface area contributed by atoms with Gasteiger partial charge in [0.15, 0.2) is 6.29 Å². The zero-order valence-electron chi connectivity index (χ0n) is 16.0. The molecular formula is C17H30O12. The van der Waals surface area contributed by atoms with Crippen LogP contribution in [0.5, 0.6) is 0 Å². The Hall–Kier alpha value is -0.930. The monoisotopic (exact) mass is 426 g/mol. The molecule has 0 aliphatic carbocycles. The van der Waals surface area contributed by atoms with Gasteiger partial charge < -0.3 is 54.7 Å².